The summed E-state index contributed by atoms with van der Waals surface area (Å²) in [5.41, 5.74) is 14.8. The maximum Gasteiger partial charge on any atom is 0.333 e. The van der Waals surface area contributed by atoms with Gasteiger partial charge in [0.2, 0.25) is 0 Å². The van der Waals surface area contributed by atoms with Crippen LogP contribution in [0, 0.1) is 0 Å². The molecule has 0 bridgehead atoms. The molecular weight excluding hydrogens is 557 g/mol. The first-order chi connectivity index (χ1) is 22.9. The molecule has 0 radical (unpaired) electrons. The van der Waals surface area contributed by atoms with Crippen LogP contribution in [0.1, 0.15) is 0 Å². The van der Waals surface area contributed by atoms with Crippen LogP contribution in [-0.4, -0.2) is 11.4 Å². The Labute approximate surface area is 268 Å². The second-order valence-corrected chi connectivity index (χ2v) is 12.1. The van der Waals surface area contributed by atoms with Crippen molar-refractivity contribution in [3.8, 4) is 16.8 Å². The summed E-state index contributed by atoms with van der Waals surface area (Å²) in [5, 5.41) is 2.54. The van der Waals surface area contributed by atoms with Gasteiger partial charge in [-0.3, -0.25) is 0 Å². The summed E-state index contributed by atoms with van der Waals surface area (Å²) in [6.45, 7) is 0.00524. The van der Waals surface area contributed by atoms with Crippen LogP contribution >= 0.6 is 0 Å². The highest BCUT2D eigenvalue weighted by molar-refractivity contribution is 6.93. The molecule has 0 spiro atoms. The lowest BCUT2D eigenvalue weighted by atomic mass is 9.43. The van der Waals surface area contributed by atoms with E-state index in [0.717, 1.165) is 5.69 Å². The molecule has 8 aromatic rings. The molecule has 2 aliphatic rings. The second-order valence-electron chi connectivity index (χ2n) is 12.1. The van der Waals surface area contributed by atoms with Gasteiger partial charge in [-0.05, 0) is 77.2 Å². The van der Waals surface area contributed by atoms with E-state index in [2.05, 4.69) is 184 Å². The van der Waals surface area contributed by atoms with E-state index < -0.39 is 0 Å². The zero-order chi connectivity index (χ0) is 30.2. The van der Waals surface area contributed by atoms with Crippen LogP contribution < -0.4 is 20.6 Å². The Balaban J connectivity index is 1.24. The SMILES string of the molecule is c1ccc(N2c3ccccc3B3c4c(cccc42)-c2ccccc2N3c2cccc(-n3c4ccccc4c4ccccc43)c2)cc1. The fourth-order valence-corrected chi connectivity index (χ4v) is 7.92. The van der Waals surface area contributed by atoms with Gasteiger partial charge >= 0.3 is 6.85 Å². The molecule has 10 rings (SSSR count). The zero-order valence-corrected chi connectivity index (χ0v) is 25.1. The fraction of sp³-hybridized carbons (Fsp3) is 0. The zero-order valence-electron chi connectivity index (χ0n) is 25.1. The van der Waals surface area contributed by atoms with Crippen LogP contribution in [0.5, 0.6) is 0 Å². The number of hydrogen-bond acceptors (Lipinski definition) is 2. The van der Waals surface area contributed by atoms with Gasteiger partial charge in [-0.1, -0.05) is 109 Å². The van der Waals surface area contributed by atoms with Crippen LogP contribution in [0.2, 0.25) is 0 Å². The van der Waals surface area contributed by atoms with E-state index in [1.165, 1.54) is 72.3 Å². The van der Waals surface area contributed by atoms with Crippen molar-refractivity contribution < 1.29 is 0 Å². The maximum atomic E-state index is 2.57. The van der Waals surface area contributed by atoms with Gasteiger partial charge in [0.1, 0.15) is 0 Å². The molecule has 4 heteroatoms. The number of para-hydroxylation sites is 5. The van der Waals surface area contributed by atoms with E-state index in [-0.39, 0.29) is 6.85 Å². The summed E-state index contributed by atoms with van der Waals surface area (Å²) in [6.07, 6.45) is 0. The average Bonchev–Trinajstić information content (AvgIpc) is 3.47. The Morgan fingerprint density at radius 1 is 0.391 bits per heavy atom. The second kappa shape index (κ2) is 9.75. The number of nitrogens with zero attached hydrogens (tertiary/aromatic N) is 3. The third-order valence-electron chi connectivity index (χ3n) is 9.74. The highest BCUT2D eigenvalue weighted by atomic mass is 15.2. The van der Waals surface area contributed by atoms with E-state index in [4.69, 9.17) is 0 Å². The molecule has 3 heterocycles. The lowest BCUT2D eigenvalue weighted by Gasteiger charge is -2.45. The highest BCUT2D eigenvalue weighted by Gasteiger charge is 2.44. The fourth-order valence-electron chi connectivity index (χ4n) is 7.92. The van der Waals surface area contributed by atoms with Crippen molar-refractivity contribution in [2.45, 2.75) is 0 Å². The third-order valence-corrected chi connectivity index (χ3v) is 9.74. The molecule has 7 aromatic carbocycles. The van der Waals surface area contributed by atoms with Crippen molar-refractivity contribution in [1.82, 2.24) is 4.57 Å². The summed E-state index contributed by atoms with van der Waals surface area (Å²) < 4.78 is 2.41. The Morgan fingerprint density at radius 2 is 0.957 bits per heavy atom. The first-order valence-corrected chi connectivity index (χ1v) is 15.9. The third kappa shape index (κ3) is 3.50. The summed E-state index contributed by atoms with van der Waals surface area (Å²) in [4.78, 5) is 5.00. The van der Waals surface area contributed by atoms with Crippen LogP contribution in [0.4, 0.5) is 28.4 Å². The lowest BCUT2D eigenvalue weighted by Crippen LogP contribution is -2.61. The smallest absolute Gasteiger partial charge is 0.333 e. The first kappa shape index (κ1) is 25.3. The summed E-state index contributed by atoms with van der Waals surface area (Å²) >= 11 is 0. The molecule has 0 amide bonds. The Morgan fingerprint density at radius 3 is 1.76 bits per heavy atom. The largest absolute Gasteiger partial charge is 0.376 e. The van der Waals surface area contributed by atoms with Gasteiger partial charge in [-0.2, -0.15) is 0 Å². The molecule has 3 nitrogen and oxygen atoms in total. The standard InChI is InChI=1S/C42H28BN3/c1-2-14-29(15-3-1)44-40-26-11-7-22-36(40)43-42-35(21-13-27-41(42)44)34-20-6-10-25-39(34)46(43)31-17-12-16-30(28-31)45-37-23-8-4-18-32(37)33-19-5-9-24-38(33)45/h1-28H. The van der Waals surface area contributed by atoms with Crippen LogP contribution in [0.25, 0.3) is 38.6 Å². The molecule has 0 N–H and O–H groups in total. The van der Waals surface area contributed by atoms with Gasteiger partial charge in [0.25, 0.3) is 0 Å². The van der Waals surface area contributed by atoms with Crippen molar-refractivity contribution >= 4 is 68.0 Å². The van der Waals surface area contributed by atoms with Crippen LogP contribution in [-0.2, 0) is 0 Å². The molecule has 0 unspecified atom stereocenters. The number of rotatable bonds is 3. The average molecular weight is 586 g/mol. The maximum absolute atomic E-state index is 2.57. The summed E-state index contributed by atoms with van der Waals surface area (Å²) in [6, 6.07) is 61.9. The molecule has 2 aliphatic heterocycles. The molecule has 0 fully saturated rings. The number of anilines is 5. The van der Waals surface area contributed by atoms with Gasteiger partial charge in [0.05, 0.1) is 11.0 Å². The van der Waals surface area contributed by atoms with E-state index in [1.807, 2.05) is 0 Å². The molecule has 0 atom stereocenters. The van der Waals surface area contributed by atoms with Crippen molar-refractivity contribution in [2.24, 2.45) is 0 Å². The van der Waals surface area contributed by atoms with E-state index >= 15 is 0 Å². The molecular formula is C42H28BN3. The predicted octanol–water partition coefficient (Wildman–Crippen LogP) is 9.49. The van der Waals surface area contributed by atoms with Gasteiger partial charge in [0, 0.05) is 50.5 Å². The topological polar surface area (TPSA) is 11.4 Å². The summed E-state index contributed by atoms with van der Waals surface area (Å²) in [7, 11) is 0. The Kier molecular flexibility index (Phi) is 5.37. The van der Waals surface area contributed by atoms with E-state index in [1.54, 1.807) is 0 Å². The van der Waals surface area contributed by atoms with Crippen LogP contribution in [0.15, 0.2) is 170 Å². The van der Waals surface area contributed by atoms with Gasteiger partial charge in [0.15, 0.2) is 0 Å². The molecule has 0 saturated heterocycles. The van der Waals surface area contributed by atoms with Crippen molar-refractivity contribution in [3.05, 3.63) is 170 Å². The van der Waals surface area contributed by atoms with Crippen molar-refractivity contribution in [2.75, 3.05) is 9.71 Å². The monoisotopic (exact) mass is 585 g/mol. The minimum absolute atomic E-state index is 0.00524. The highest BCUT2D eigenvalue weighted by Crippen LogP contribution is 2.46. The van der Waals surface area contributed by atoms with Gasteiger partial charge in [-0.15, -0.1) is 0 Å². The van der Waals surface area contributed by atoms with Gasteiger partial charge in [-0.25, -0.2) is 0 Å². The minimum atomic E-state index is 0.00524. The molecule has 0 saturated carbocycles. The Hall–Kier alpha value is -6.00. The van der Waals surface area contributed by atoms with Gasteiger partial charge < -0.3 is 14.3 Å². The quantitative estimate of drug-likeness (QED) is 0.191. The molecule has 46 heavy (non-hydrogen) atoms. The Bertz CT molecular complexity index is 2410. The van der Waals surface area contributed by atoms with E-state index in [9.17, 15) is 0 Å². The molecule has 214 valence electrons. The molecule has 1 aromatic heterocycles. The van der Waals surface area contributed by atoms with Crippen molar-refractivity contribution in [1.29, 1.82) is 0 Å². The summed E-state index contributed by atoms with van der Waals surface area (Å²) in [5.74, 6) is 0. The predicted molar refractivity (Wildman–Crippen MR) is 195 cm³/mol. The number of fused-ring (bicyclic) bond motifs is 7. The minimum Gasteiger partial charge on any atom is -0.376 e. The number of benzene rings is 7. The number of hydrogen-bond donors (Lipinski definition) is 0. The number of aromatic nitrogens is 1. The van der Waals surface area contributed by atoms with Crippen molar-refractivity contribution in [3.63, 3.8) is 0 Å². The molecule has 0 aliphatic carbocycles. The lowest BCUT2D eigenvalue weighted by molar-refractivity contribution is 1.17. The first-order valence-electron chi connectivity index (χ1n) is 15.9. The van der Waals surface area contributed by atoms with E-state index in [0.29, 0.717) is 0 Å². The normalized spacial score (nSPS) is 13.1. The van der Waals surface area contributed by atoms with Crippen LogP contribution in [0.3, 0.4) is 0 Å².